The second kappa shape index (κ2) is 6.52. The lowest BCUT2D eigenvalue weighted by Gasteiger charge is -2.08. The Bertz CT molecular complexity index is 822. The van der Waals surface area contributed by atoms with Gasteiger partial charge in [-0.05, 0) is 43.3 Å². The van der Waals surface area contributed by atoms with Crippen molar-refractivity contribution >= 4 is 16.9 Å². The normalized spacial score (nSPS) is 10.7. The van der Waals surface area contributed by atoms with Gasteiger partial charge in [0.25, 0.3) is 5.91 Å². The maximum absolute atomic E-state index is 12.2. The van der Waals surface area contributed by atoms with Crippen LogP contribution in [-0.4, -0.2) is 22.6 Å². The van der Waals surface area contributed by atoms with E-state index < -0.39 is 0 Å². The molecule has 0 saturated heterocycles. The third-order valence-corrected chi connectivity index (χ3v) is 3.81. The molecule has 0 unspecified atom stereocenters. The molecule has 3 rings (SSSR count). The fraction of sp³-hybridized carbons (Fsp3) is 0.222. The maximum atomic E-state index is 12.2. The molecular formula is C18H19N3O2. The molecule has 0 aliphatic rings. The molecule has 0 aliphatic heterocycles. The Hall–Kier alpha value is -2.82. The number of aryl methyl sites for hydroxylation is 1. The van der Waals surface area contributed by atoms with Crippen LogP contribution in [0.3, 0.4) is 0 Å². The number of imidazole rings is 1. The molecule has 5 heteroatoms. The molecule has 0 spiro atoms. The molecule has 5 nitrogen and oxygen atoms in total. The van der Waals surface area contributed by atoms with Gasteiger partial charge in [-0.2, -0.15) is 0 Å². The van der Waals surface area contributed by atoms with Crippen molar-refractivity contribution in [1.82, 2.24) is 14.9 Å². The number of nitrogens with one attached hydrogen (secondary N) is 1. The number of hydrogen-bond acceptors (Lipinski definition) is 3. The quantitative estimate of drug-likeness (QED) is 0.788. The van der Waals surface area contributed by atoms with E-state index in [4.69, 9.17) is 4.74 Å². The average molecular weight is 309 g/mol. The van der Waals surface area contributed by atoms with Crippen LogP contribution in [0.5, 0.6) is 5.75 Å². The SMILES string of the molecule is CCn1c(CNC(=O)c2ccc(OC)cc2)nc2ccccc21. The van der Waals surface area contributed by atoms with Gasteiger partial charge in [-0.1, -0.05) is 12.1 Å². The van der Waals surface area contributed by atoms with Gasteiger partial charge >= 0.3 is 0 Å². The minimum Gasteiger partial charge on any atom is -0.497 e. The number of ether oxygens (including phenoxy) is 1. The van der Waals surface area contributed by atoms with E-state index in [0.29, 0.717) is 12.1 Å². The van der Waals surface area contributed by atoms with E-state index in [-0.39, 0.29) is 5.91 Å². The maximum Gasteiger partial charge on any atom is 0.251 e. The van der Waals surface area contributed by atoms with Gasteiger partial charge in [0.05, 0.1) is 24.7 Å². The summed E-state index contributed by atoms with van der Waals surface area (Å²) >= 11 is 0. The second-order valence-corrected chi connectivity index (χ2v) is 5.17. The number of rotatable bonds is 5. The van der Waals surface area contributed by atoms with E-state index in [1.165, 1.54) is 0 Å². The first-order chi connectivity index (χ1) is 11.2. The van der Waals surface area contributed by atoms with Gasteiger partial charge < -0.3 is 14.6 Å². The summed E-state index contributed by atoms with van der Waals surface area (Å²) in [7, 11) is 1.60. The molecule has 0 fully saturated rings. The van der Waals surface area contributed by atoms with Gasteiger partial charge in [-0.3, -0.25) is 4.79 Å². The number of hydrogen-bond donors (Lipinski definition) is 1. The number of methoxy groups -OCH3 is 1. The number of amides is 1. The number of benzene rings is 2. The summed E-state index contributed by atoms with van der Waals surface area (Å²) < 4.78 is 7.21. The highest BCUT2D eigenvalue weighted by Crippen LogP contribution is 2.16. The van der Waals surface area contributed by atoms with Crippen molar-refractivity contribution in [3.8, 4) is 5.75 Å². The fourth-order valence-corrected chi connectivity index (χ4v) is 2.62. The van der Waals surface area contributed by atoms with Crippen molar-refractivity contribution in [2.75, 3.05) is 7.11 Å². The Morgan fingerprint density at radius 3 is 2.61 bits per heavy atom. The highest BCUT2D eigenvalue weighted by molar-refractivity contribution is 5.94. The Morgan fingerprint density at radius 2 is 1.91 bits per heavy atom. The van der Waals surface area contributed by atoms with Crippen LogP contribution < -0.4 is 10.1 Å². The molecule has 23 heavy (non-hydrogen) atoms. The van der Waals surface area contributed by atoms with Crippen molar-refractivity contribution in [1.29, 1.82) is 0 Å². The van der Waals surface area contributed by atoms with Gasteiger partial charge in [0.15, 0.2) is 0 Å². The third kappa shape index (κ3) is 3.04. The van der Waals surface area contributed by atoms with E-state index in [2.05, 4.69) is 21.8 Å². The number of aromatic nitrogens is 2. The number of fused-ring (bicyclic) bond motifs is 1. The van der Waals surface area contributed by atoms with Crippen molar-refractivity contribution in [2.45, 2.75) is 20.0 Å². The zero-order valence-corrected chi connectivity index (χ0v) is 13.2. The largest absolute Gasteiger partial charge is 0.497 e. The lowest BCUT2D eigenvalue weighted by Crippen LogP contribution is -2.24. The average Bonchev–Trinajstić information content (AvgIpc) is 2.97. The molecule has 1 heterocycles. The van der Waals surface area contributed by atoms with Gasteiger partial charge in [0.1, 0.15) is 11.6 Å². The highest BCUT2D eigenvalue weighted by atomic mass is 16.5. The van der Waals surface area contributed by atoms with Crippen molar-refractivity contribution in [2.24, 2.45) is 0 Å². The molecule has 0 atom stereocenters. The third-order valence-electron chi connectivity index (χ3n) is 3.81. The zero-order chi connectivity index (χ0) is 16.2. The van der Waals surface area contributed by atoms with Gasteiger partial charge in [0, 0.05) is 12.1 Å². The van der Waals surface area contributed by atoms with E-state index in [1.807, 2.05) is 24.3 Å². The first-order valence-electron chi connectivity index (χ1n) is 7.59. The molecular weight excluding hydrogens is 290 g/mol. The van der Waals surface area contributed by atoms with Crippen molar-refractivity contribution in [3.63, 3.8) is 0 Å². The monoisotopic (exact) mass is 309 g/mol. The summed E-state index contributed by atoms with van der Waals surface area (Å²) in [5, 5.41) is 2.93. The van der Waals surface area contributed by atoms with Crippen LogP contribution in [-0.2, 0) is 13.1 Å². The van der Waals surface area contributed by atoms with E-state index in [1.54, 1.807) is 31.4 Å². The number of carbonyl (C=O) groups is 1. The Kier molecular flexibility index (Phi) is 4.28. The van der Waals surface area contributed by atoms with Crippen molar-refractivity contribution < 1.29 is 9.53 Å². The molecule has 1 amide bonds. The van der Waals surface area contributed by atoms with Crippen LogP contribution in [0.2, 0.25) is 0 Å². The molecule has 0 aliphatic carbocycles. The topological polar surface area (TPSA) is 56.2 Å². The lowest BCUT2D eigenvalue weighted by molar-refractivity contribution is 0.0949. The minimum atomic E-state index is -0.123. The van der Waals surface area contributed by atoms with Crippen LogP contribution >= 0.6 is 0 Å². The van der Waals surface area contributed by atoms with Crippen LogP contribution in [0.25, 0.3) is 11.0 Å². The van der Waals surface area contributed by atoms with Crippen LogP contribution in [0, 0.1) is 0 Å². The molecule has 3 aromatic rings. The molecule has 0 bridgehead atoms. The Morgan fingerprint density at radius 1 is 1.17 bits per heavy atom. The zero-order valence-electron chi connectivity index (χ0n) is 13.2. The number of carbonyl (C=O) groups excluding carboxylic acids is 1. The summed E-state index contributed by atoms with van der Waals surface area (Å²) in [5.74, 6) is 1.47. The summed E-state index contributed by atoms with van der Waals surface area (Å²) in [4.78, 5) is 16.8. The first-order valence-corrected chi connectivity index (χ1v) is 7.59. The minimum absolute atomic E-state index is 0.123. The summed E-state index contributed by atoms with van der Waals surface area (Å²) in [5.41, 5.74) is 2.64. The van der Waals surface area contributed by atoms with Crippen LogP contribution in [0.15, 0.2) is 48.5 Å². The van der Waals surface area contributed by atoms with E-state index >= 15 is 0 Å². The lowest BCUT2D eigenvalue weighted by atomic mass is 10.2. The van der Waals surface area contributed by atoms with Crippen LogP contribution in [0.4, 0.5) is 0 Å². The first kappa shape index (κ1) is 15.1. The summed E-state index contributed by atoms with van der Waals surface area (Å²) in [6.07, 6.45) is 0. The van der Waals surface area contributed by atoms with E-state index in [9.17, 15) is 4.79 Å². The number of nitrogens with zero attached hydrogens (tertiary/aromatic N) is 2. The molecule has 2 aromatic carbocycles. The standard InChI is InChI=1S/C18H19N3O2/c1-3-21-16-7-5-4-6-15(16)20-17(21)12-19-18(22)13-8-10-14(23-2)11-9-13/h4-11H,3,12H2,1-2H3,(H,19,22). The number of para-hydroxylation sites is 2. The van der Waals surface area contributed by atoms with Gasteiger partial charge in [0.2, 0.25) is 0 Å². The second-order valence-electron chi connectivity index (χ2n) is 5.17. The molecule has 0 saturated carbocycles. The fourth-order valence-electron chi connectivity index (χ4n) is 2.62. The van der Waals surface area contributed by atoms with Crippen molar-refractivity contribution in [3.05, 3.63) is 59.9 Å². The molecule has 1 N–H and O–H groups in total. The highest BCUT2D eigenvalue weighted by Gasteiger charge is 2.11. The molecule has 118 valence electrons. The smallest absolute Gasteiger partial charge is 0.251 e. The Balaban J connectivity index is 1.75. The predicted molar refractivity (Wildman–Crippen MR) is 89.6 cm³/mol. The van der Waals surface area contributed by atoms with Gasteiger partial charge in [-0.25, -0.2) is 4.98 Å². The molecule has 1 aromatic heterocycles. The molecule has 0 radical (unpaired) electrons. The van der Waals surface area contributed by atoms with Gasteiger partial charge in [-0.15, -0.1) is 0 Å². The van der Waals surface area contributed by atoms with E-state index in [0.717, 1.165) is 29.2 Å². The predicted octanol–water partition coefficient (Wildman–Crippen LogP) is 2.99. The summed E-state index contributed by atoms with van der Waals surface area (Å²) in [6, 6.07) is 15.0. The Labute approximate surface area is 134 Å². The summed E-state index contributed by atoms with van der Waals surface area (Å²) in [6.45, 7) is 3.28. The van der Waals surface area contributed by atoms with Crippen LogP contribution in [0.1, 0.15) is 23.1 Å².